The number of ether oxygens (including phenoxy) is 1. The lowest BCUT2D eigenvalue weighted by Gasteiger charge is -2.21. The van der Waals surface area contributed by atoms with Gasteiger partial charge in [-0.15, -0.1) is 24.0 Å². The van der Waals surface area contributed by atoms with Gasteiger partial charge in [-0.05, 0) is 38.2 Å². The number of aromatic nitrogens is 2. The van der Waals surface area contributed by atoms with E-state index in [1.54, 1.807) is 7.11 Å². The van der Waals surface area contributed by atoms with Crippen LogP contribution < -0.4 is 5.32 Å². The summed E-state index contributed by atoms with van der Waals surface area (Å²) in [6, 6.07) is 0. The first-order valence-electron chi connectivity index (χ1n) is 8.75. The molecular formula is C17H32IN5O. The van der Waals surface area contributed by atoms with Crippen molar-refractivity contribution in [1.29, 1.82) is 0 Å². The number of hydrogen-bond acceptors (Lipinski definition) is 3. The Labute approximate surface area is 163 Å². The highest BCUT2D eigenvalue weighted by Gasteiger charge is 2.26. The minimum Gasteiger partial charge on any atom is -0.385 e. The van der Waals surface area contributed by atoms with Crippen LogP contribution in [0.4, 0.5) is 0 Å². The molecule has 138 valence electrons. The van der Waals surface area contributed by atoms with Crippen LogP contribution in [0.3, 0.4) is 0 Å². The topological polar surface area (TPSA) is 54.7 Å². The molecule has 0 aliphatic carbocycles. The van der Waals surface area contributed by atoms with Gasteiger partial charge in [0, 0.05) is 59.1 Å². The molecule has 1 fully saturated rings. The Balaban J connectivity index is 0.00000288. The van der Waals surface area contributed by atoms with E-state index in [1.807, 2.05) is 17.9 Å². The Morgan fingerprint density at radius 1 is 1.42 bits per heavy atom. The molecule has 1 aromatic heterocycles. The second-order valence-electron chi connectivity index (χ2n) is 6.17. The number of aliphatic imine (C=N–C) groups is 1. The maximum absolute atomic E-state index is 5.08. The Bertz CT molecular complexity index is 491. The van der Waals surface area contributed by atoms with Crippen LogP contribution in [0.15, 0.2) is 17.4 Å². The van der Waals surface area contributed by atoms with Gasteiger partial charge in [-0.1, -0.05) is 0 Å². The fourth-order valence-electron chi connectivity index (χ4n) is 3.02. The summed E-state index contributed by atoms with van der Waals surface area (Å²) in [5.41, 5.74) is 1.34. The predicted octanol–water partition coefficient (Wildman–Crippen LogP) is 2.61. The molecule has 6 nitrogen and oxygen atoms in total. The molecule has 1 aromatic rings. The van der Waals surface area contributed by atoms with E-state index in [9.17, 15) is 0 Å². The second kappa shape index (κ2) is 11.7. The maximum Gasteiger partial charge on any atom is 0.193 e. The molecule has 1 aliphatic heterocycles. The van der Waals surface area contributed by atoms with Crippen molar-refractivity contribution in [2.45, 2.75) is 38.5 Å². The summed E-state index contributed by atoms with van der Waals surface area (Å²) < 4.78 is 6.97. The van der Waals surface area contributed by atoms with E-state index in [2.05, 4.69) is 28.4 Å². The molecule has 0 spiro atoms. The number of methoxy groups -OCH3 is 1. The highest BCUT2D eigenvalue weighted by Crippen LogP contribution is 2.26. The van der Waals surface area contributed by atoms with Crippen molar-refractivity contribution in [3.8, 4) is 0 Å². The molecule has 1 unspecified atom stereocenters. The van der Waals surface area contributed by atoms with Crippen LogP contribution in [0.25, 0.3) is 0 Å². The Kier molecular flexibility index (Phi) is 10.3. The number of nitrogens with one attached hydrogen (secondary N) is 1. The van der Waals surface area contributed by atoms with Gasteiger partial charge in [-0.25, -0.2) is 0 Å². The van der Waals surface area contributed by atoms with E-state index in [4.69, 9.17) is 9.73 Å². The van der Waals surface area contributed by atoms with E-state index < -0.39 is 0 Å². The molecule has 1 saturated heterocycles. The van der Waals surface area contributed by atoms with Crippen molar-refractivity contribution in [3.05, 3.63) is 18.0 Å². The molecule has 1 aliphatic rings. The molecule has 0 saturated carbocycles. The van der Waals surface area contributed by atoms with Crippen LogP contribution in [-0.4, -0.2) is 60.5 Å². The first kappa shape index (κ1) is 21.2. The average Bonchev–Trinajstić information content (AvgIpc) is 3.18. The average molecular weight is 449 g/mol. The van der Waals surface area contributed by atoms with Crippen LogP contribution in [0.1, 0.15) is 44.1 Å². The number of hydrogen-bond donors (Lipinski definition) is 1. The fraction of sp³-hybridized carbons (Fsp3) is 0.765. The first-order valence-corrected chi connectivity index (χ1v) is 8.75. The van der Waals surface area contributed by atoms with Crippen molar-refractivity contribution in [1.82, 2.24) is 20.0 Å². The lowest BCUT2D eigenvalue weighted by atomic mass is 10.0. The van der Waals surface area contributed by atoms with Crippen molar-refractivity contribution < 1.29 is 4.74 Å². The molecule has 1 atom stereocenters. The number of nitrogens with zero attached hydrogens (tertiary/aromatic N) is 4. The van der Waals surface area contributed by atoms with Crippen molar-refractivity contribution >= 4 is 29.9 Å². The summed E-state index contributed by atoms with van der Waals surface area (Å²) >= 11 is 0. The number of likely N-dealkylation sites (tertiary alicyclic amines) is 1. The van der Waals surface area contributed by atoms with Gasteiger partial charge < -0.3 is 15.0 Å². The molecule has 0 aromatic carbocycles. The molecule has 2 heterocycles. The number of halogens is 1. The summed E-state index contributed by atoms with van der Waals surface area (Å²) in [4.78, 5) is 7.18. The molecular weight excluding hydrogens is 417 g/mol. The Morgan fingerprint density at radius 2 is 2.25 bits per heavy atom. The molecule has 1 N–H and O–H groups in total. The monoisotopic (exact) mass is 449 g/mol. The first-order chi connectivity index (χ1) is 11.2. The number of rotatable bonds is 8. The van der Waals surface area contributed by atoms with Gasteiger partial charge in [0.2, 0.25) is 0 Å². The van der Waals surface area contributed by atoms with Gasteiger partial charge in [0.25, 0.3) is 0 Å². The third kappa shape index (κ3) is 6.58. The number of aryl methyl sites for hydroxylation is 1. The molecule has 24 heavy (non-hydrogen) atoms. The SMILES string of the molecule is CCNC(=NCCCCCOC)N1CCC(c2cnn(C)c2)C1.I. The zero-order valence-corrected chi connectivity index (χ0v) is 17.5. The second-order valence-corrected chi connectivity index (χ2v) is 6.17. The van der Waals surface area contributed by atoms with Crippen molar-refractivity contribution in [3.63, 3.8) is 0 Å². The summed E-state index contributed by atoms with van der Waals surface area (Å²) in [5, 5.41) is 7.73. The zero-order valence-electron chi connectivity index (χ0n) is 15.2. The van der Waals surface area contributed by atoms with Gasteiger partial charge >= 0.3 is 0 Å². The number of guanidine groups is 1. The van der Waals surface area contributed by atoms with E-state index in [0.29, 0.717) is 5.92 Å². The smallest absolute Gasteiger partial charge is 0.193 e. The number of unbranched alkanes of at least 4 members (excludes halogenated alkanes) is 2. The van der Waals surface area contributed by atoms with Crippen molar-refractivity contribution in [2.75, 3.05) is 39.9 Å². The Morgan fingerprint density at radius 3 is 2.92 bits per heavy atom. The van der Waals surface area contributed by atoms with Gasteiger partial charge in [-0.3, -0.25) is 9.67 Å². The largest absolute Gasteiger partial charge is 0.385 e. The molecule has 0 bridgehead atoms. The highest BCUT2D eigenvalue weighted by atomic mass is 127. The standard InChI is InChI=1S/C17H31N5O.HI/c1-4-18-17(19-9-6-5-7-11-23-3)22-10-8-15(14-22)16-12-20-21(2)13-16;/h12-13,15H,4-11,14H2,1-3H3,(H,18,19);1H. The molecule has 0 radical (unpaired) electrons. The van der Waals surface area contributed by atoms with E-state index in [0.717, 1.165) is 51.6 Å². The third-order valence-electron chi connectivity index (χ3n) is 4.29. The predicted molar refractivity (Wildman–Crippen MR) is 109 cm³/mol. The van der Waals surface area contributed by atoms with Crippen LogP contribution in [0.5, 0.6) is 0 Å². The lowest BCUT2D eigenvalue weighted by Crippen LogP contribution is -2.40. The summed E-state index contributed by atoms with van der Waals surface area (Å²) in [5.74, 6) is 1.62. The van der Waals surface area contributed by atoms with Gasteiger partial charge in [0.1, 0.15) is 0 Å². The van der Waals surface area contributed by atoms with Gasteiger partial charge in [0.05, 0.1) is 6.20 Å². The molecule has 7 heteroatoms. The highest BCUT2D eigenvalue weighted by molar-refractivity contribution is 14.0. The fourth-order valence-corrected chi connectivity index (χ4v) is 3.02. The lowest BCUT2D eigenvalue weighted by molar-refractivity contribution is 0.192. The summed E-state index contributed by atoms with van der Waals surface area (Å²) in [6.07, 6.45) is 8.72. The minimum absolute atomic E-state index is 0. The quantitative estimate of drug-likeness (QED) is 0.287. The van der Waals surface area contributed by atoms with Crippen molar-refractivity contribution in [2.24, 2.45) is 12.0 Å². The van der Waals surface area contributed by atoms with Crippen LogP contribution >= 0.6 is 24.0 Å². The maximum atomic E-state index is 5.08. The third-order valence-corrected chi connectivity index (χ3v) is 4.29. The molecule has 2 rings (SSSR count). The summed E-state index contributed by atoms with van der Waals surface area (Å²) in [7, 11) is 3.73. The van der Waals surface area contributed by atoms with Crippen LogP contribution in [0, 0.1) is 0 Å². The summed E-state index contributed by atoms with van der Waals surface area (Å²) in [6.45, 7) is 6.87. The Hall–Kier alpha value is -0.830. The van der Waals surface area contributed by atoms with Gasteiger partial charge in [-0.2, -0.15) is 5.10 Å². The zero-order chi connectivity index (χ0) is 16.5. The van der Waals surface area contributed by atoms with E-state index in [1.165, 1.54) is 18.4 Å². The molecule has 0 amide bonds. The minimum atomic E-state index is 0. The normalized spacial score (nSPS) is 17.9. The van der Waals surface area contributed by atoms with Gasteiger partial charge in [0.15, 0.2) is 5.96 Å². The van der Waals surface area contributed by atoms with Crippen LogP contribution in [0.2, 0.25) is 0 Å². The van der Waals surface area contributed by atoms with E-state index >= 15 is 0 Å². The van der Waals surface area contributed by atoms with E-state index in [-0.39, 0.29) is 24.0 Å². The van der Waals surface area contributed by atoms with Crippen LogP contribution in [-0.2, 0) is 11.8 Å².